The lowest BCUT2D eigenvalue weighted by Gasteiger charge is -2.30. The number of carbonyl (C=O) groups is 2. The number of rotatable bonds is 7. The fraction of sp³-hybridized carbons (Fsp3) is 0.458. The Balaban J connectivity index is 2.04. The second-order valence-electron chi connectivity index (χ2n) is 7.91. The third-order valence-electron chi connectivity index (χ3n) is 5.62. The van der Waals surface area contributed by atoms with Crippen molar-refractivity contribution >= 4 is 35.4 Å². The van der Waals surface area contributed by atoms with E-state index in [4.69, 9.17) is 14.2 Å². The Bertz CT molecular complexity index is 1170. The summed E-state index contributed by atoms with van der Waals surface area (Å²) in [4.78, 5) is 40.1. The van der Waals surface area contributed by atoms with Gasteiger partial charge >= 0.3 is 5.97 Å². The zero-order valence-electron chi connectivity index (χ0n) is 19.5. The molecule has 0 unspecified atom stereocenters. The molecule has 2 heterocycles. The molecule has 1 aliphatic heterocycles. The molecule has 1 saturated heterocycles. The molecule has 178 valence electrons. The van der Waals surface area contributed by atoms with Gasteiger partial charge in [0.2, 0.25) is 5.91 Å². The number of esters is 1. The van der Waals surface area contributed by atoms with Gasteiger partial charge in [-0.15, -0.1) is 11.3 Å². The Morgan fingerprint density at radius 2 is 1.91 bits per heavy atom. The molecule has 8 nitrogen and oxygen atoms in total. The molecule has 2 aromatic rings. The van der Waals surface area contributed by atoms with Gasteiger partial charge in [-0.1, -0.05) is 6.92 Å². The number of benzene rings is 1. The van der Waals surface area contributed by atoms with Gasteiger partial charge in [0.25, 0.3) is 5.56 Å². The Morgan fingerprint density at radius 3 is 2.55 bits per heavy atom. The summed E-state index contributed by atoms with van der Waals surface area (Å²) in [6.45, 7) is 5.34. The second kappa shape index (κ2) is 11.2. The maximum absolute atomic E-state index is 13.3. The summed E-state index contributed by atoms with van der Waals surface area (Å²) in [5, 5.41) is 0. The van der Waals surface area contributed by atoms with Crippen LogP contribution in [-0.4, -0.2) is 55.3 Å². The third kappa shape index (κ3) is 6.04. The van der Waals surface area contributed by atoms with Gasteiger partial charge in [-0.05, 0) is 43.9 Å². The number of hydrogen-bond donors (Lipinski definition) is 0. The number of thiazole rings is 1. The lowest BCUT2D eigenvalue weighted by molar-refractivity contribution is -0.136. The van der Waals surface area contributed by atoms with Gasteiger partial charge in [-0.3, -0.25) is 14.2 Å². The van der Waals surface area contributed by atoms with Crippen LogP contribution in [0.2, 0.25) is 0 Å². The molecule has 33 heavy (non-hydrogen) atoms. The molecule has 1 fully saturated rings. The summed E-state index contributed by atoms with van der Waals surface area (Å²) < 4.78 is 17.8. The van der Waals surface area contributed by atoms with Crippen LogP contribution >= 0.6 is 11.3 Å². The monoisotopic (exact) mass is 474 g/mol. The second-order valence-corrected chi connectivity index (χ2v) is 8.97. The van der Waals surface area contributed by atoms with E-state index in [1.807, 2.05) is 0 Å². The molecule has 9 heteroatoms. The first-order valence-electron chi connectivity index (χ1n) is 11.0. The zero-order valence-corrected chi connectivity index (χ0v) is 20.3. The van der Waals surface area contributed by atoms with Gasteiger partial charge in [0.05, 0.1) is 31.4 Å². The minimum atomic E-state index is -0.555. The first-order valence-corrected chi connectivity index (χ1v) is 11.8. The van der Waals surface area contributed by atoms with Gasteiger partial charge in [-0.2, -0.15) is 0 Å². The van der Waals surface area contributed by atoms with Crippen LogP contribution in [0, 0.1) is 5.92 Å². The van der Waals surface area contributed by atoms with E-state index < -0.39 is 5.97 Å². The number of hydrogen-bond acceptors (Lipinski definition) is 7. The number of methoxy groups -OCH3 is 2. The highest BCUT2D eigenvalue weighted by Crippen LogP contribution is 2.24. The first-order chi connectivity index (χ1) is 15.9. The van der Waals surface area contributed by atoms with E-state index in [9.17, 15) is 14.4 Å². The number of aromatic nitrogens is 1. The van der Waals surface area contributed by atoms with Crippen molar-refractivity contribution in [3.63, 3.8) is 0 Å². The maximum Gasteiger partial charge on any atom is 0.333 e. The summed E-state index contributed by atoms with van der Waals surface area (Å²) in [6, 6.07) is 5.29. The van der Waals surface area contributed by atoms with Gasteiger partial charge in [0.1, 0.15) is 22.7 Å². The Morgan fingerprint density at radius 1 is 1.18 bits per heavy atom. The molecular formula is C24H30N2O6S. The van der Waals surface area contributed by atoms with Crippen molar-refractivity contribution in [1.29, 1.82) is 0 Å². The number of carbonyl (C=O) groups excluding carboxylic acids is 2. The fourth-order valence-corrected chi connectivity index (χ4v) is 4.67. The number of likely N-dealkylation sites (tertiary alicyclic amines) is 1. The third-order valence-corrected chi connectivity index (χ3v) is 6.68. The predicted molar refractivity (Wildman–Crippen MR) is 127 cm³/mol. The minimum absolute atomic E-state index is 0.122. The van der Waals surface area contributed by atoms with Crippen molar-refractivity contribution < 1.29 is 23.8 Å². The molecule has 0 atom stereocenters. The van der Waals surface area contributed by atoms with Gasteiger partial charge in [-0.25, -0.2) is 4.79 Å². The van der Waals surface area contributed by atoms with E-state index in [-0.39, 0.29) is 24.6 Å². The van der Waals surface area contributed by atoms with Crippen LogP contribution in [0.3, 0.4) is 0 Å². The van der Waals surface area contributed by atoms with Crippen molar-refractivity contribution in [2.75, 3.05) is 33.9 Å². The molecule has 0 aliphatic carbocycles. The number of nitrogens with zero attached hydrogens (tertiary/aromatic N) is 2. The first kappa shape index (κ1) is 24.6. The largest absolute Gasteiger partial charge is 0.497 e. The Kier molecular flexibility index (Phi) is 8.32. The van der Waals surface area contributed by atoms with E-state index in [2.05, 4.69) is 6.92 Å². The van der Waals surface area contributed by atoms with Crippen LogP contribution in [-0.2, 0) is 20.9 Å². The smallest absolute Gasteiger partial charge is 0.333 e. The summed E-state index contributed by atoms with van der Waals surface area (Å²) in [7, 11) is 3.10. The minimum Gasteiger partial charge on any atom is -0.497 e. The molecule has 0 bridgehead atoms. The van der Waals surface area contributed by atoms with Crippen LogP contribution < -0.4 is 24.2 Å². The number of piperidine rings is 1. The maximum atomic E-state index is 13.3. The summed E-state index contributed by atoms with van der Waals surface area (Å²) in [5.74, 6) is 1.08. The predicted octanol–water partition coefficient (Wildman–Crippen LogP) is 1.36. The van der Waals surface area contributed by atoms with E-state index in [0.717, 1.165) is 24.2 Å². The molecule has 1 amide bonds. The van der Waals surface area contributed by atoms with Crippen LogP contribution in [0.4, 0.5) is 0 Å². The lowest BCUT2D eigenvalue weighted by Crippen LogP contribution is -2.43. The number of ether oxygens (including phenoxy) is 3. The lowest BCUT2D eigenvalue weighted by atomic mass is 9.99. The molecule has 0 radical (unpaired) electrons. The fourth-order valence-electron chi connectivity index (χ4n) is 3.65. The van der Waals surface area contributed by atoms with Gasteiger partial charge in [0.15, 0.2) is 0 Å². The van der Waals surface area contributed by atoms with Gasteiger partial charge < -0.3 is 19.1 Å². The summed E-state index contributed by atoms with van der Waals surface area (Å²) in [6.07, 6.45) is 4.85. The van der Waals surface area contributed by atoms with Crippen LogP contribution in [0.15, 0.2) is 23.0 Å². The molecule has 0 saturated carbocycles. The molecule has 3 rings (SSSR count). The molecular weight excluding hydrogens is 444 g/mol. The van der Waals surface area contributed by atoms with Crippen molar-refractivity contribution in [2.24, 2.45) is 5.92 Å². The SMILES string of the molecule is CCOC(=O)/C=c1\s/c(=C\c2ccc(OC)cc2OC)c(=O)n1CC(=O)N1CCC(C)CC1. The molecule has 1 aliphatic rings. The van der Waals surface area contributed by atoms with E-state index in [0.29, 0.717) is 45.3 Å². The van der Waals surface area contributed by atoms with Crippen molar-refractivity contribution in [3.8, 4) is 11.5 Å². The Labute approximate surface area is 196 Å². The highest BCUT2D eigenvalue weighted by Gasteiger charge is 2.21. The van der Waals surface area contributed by atoms with Crippen LogP contribution in [0.25, 0.3) is 12.2 Å². The van der Waals surface area contributed by atoms with E-state index in [1.165, 1.54) is 17.8 Å². The van der Waals surface area contributed by atoms with E-state index >= 15 is 0 Å². The average Bonchev–Trinajstić information content (AvgIpc) is 3.08. The average molecular weight is 475 g/mol. The normalized spacial score (nSPS) is 15.6. The topological polar surface area (TPSA) is 87.1 Å². The highest BCUT2D eigenvalue weighted by atomic mass is 32.1. The van der Waals surface area contributed by atoms with Gasteiger partial charge in [0, 0.05) is 24.7 Å². The van der Waals surface area contributed by atoms with Crippen molar-refractivity contribution in [3.05, 3.63) is 43.3 Å². The molecule has 0 N–H and O–H groups in total. The van der Waals surface area contributed by atoms with Crippen molar-refractivity contribution in [1.82, 2.24) is 9.47 Å². The Hall–Kier alpha value is -3.07. The van der Waals surface area contributed by atoms with E-state index in [1.54, 1.807) is 43.2 Å². The summed E-state index contributed by atoms with van der Waals surface area (Å²) >= 11 is 1.13. The summed E-state index contributed by atoms with van der Waals surface area (Å²) in [5.41, 5.74) is 0.343. The van der Waals surface area contributed by atoms with Crippen LogP contribution in [0.1, 0.15) is 32.3 Å². The molecule has 1 aromatic carbocycles. The van der Waals surface area contributed by atoms with Crippen molar-refractivity contribution in [2.45, 2.75) is 33.2 Å². The zero-order chi connectivity index (χ0) is 24.0. The standard InChI is InChI=1S/C24H30N2O6S/c1-5-32-23(28)14-22-26(15-21(27)25-10-8-16(2)9-11-25)24(29)20(33-22)12-17-6-7-18(30-3)13-19(17)31-4/h6-7,12-14,16H,5,8-11,15H2,1-4H3/b20-12-,22-14-. The number of amides is 1. The van der Waals surface area contributed by atoms with Crippen LogP contribution in [0.5, 0.6) is 11.5 Å². The molecule has 0 spiro atoms. The highest BCUT2D eigenvalue weighted by molar-refractivity contribution is 7.07. The quantitative estimate of drug-likeness (QED) is 0.563. The molecule has 1 aromatic heterocycles.